The summed E-state index contributed by atoms with van der Waals surface area (Å²) < 4.78 is 0. The van der Waals surface area contributed by atoms with Crippen LogP contribution in [0.3, 0.4) is 0 Å². The Balaban J connectivity index is 1.76. The molecule has 0 atom stereocenters. The number of aromatic nitrogens is 4. The van der Waals surface area contributed by atoms with Gasteiger partial charge in [0.05, 0.1) is 5.52 Å². The SMILES string of the molecule is Cc1cc(Nc2nc(Sc3ccc(N)cc3)nc3cc(O)ccc23)n[nH]1. The summed E-state index contributed by atoms with van der Waals surface area (Å²) in [5, 5.41) is 21.5. The predicted octanol–water partition coefficient (Wildman–Crippen LogP) is 3.84. The van der Waals surface area contributed by atoms with Crippen molar-refractivity contribution in [1.82, 2.24) is 20.2 Å². The van der Waals surface area contributed by atoms with Gasteiger partial charge in [0.15, 0.2) is 11.0 Å². The smallest absolute Gasteiger partial charge is 0.195 e. The number of anilines is 3. The fourth-order valence-electron chi connectivity index (χ4n) is 2.48. The van der Waals surface area contributed by atoms with E-state index in [2.05, 4.69) is 25.5 Å². The Bertz CT molecular complexity index is 1080. The third kappa shape index (κ3) is 3.40. The number of nitrogens with zero attached hydrogens (tertiary/aromatic N) is 3. The van der Waals surface area contributed by atoms with Crippen molar-refractivity contribution in [3.05, 3.63) is 54.2 Å². The molecule has 2 aromatic carbocycles. The van der Waals surface area contributed by atoms with E-state index < -0.39 is 0 Å². The van der Waals surface area contributed by atoms with Crippen LogP contribution in [0.5, 0.6) is 5.75 Å². The molecule has 26 heavy (non-hydrogen) atoms. The van der Waals surface area contributed by atoms with Gasteiger partial charge >= 0.3 is 0 Å². The lowest BCUT2D eigenvalue weighted by Crippen LogP contribution is -1.99. The number of nitrogen functional groups attached to an aromatic ring is 1. The number of aromatic hydroxyl groups is 1. The van der Waals surface area contributed by atoms with E-state index >= 15 is 0 Å². The number of hydrogen-bond donors (Lipinski definition) is 4. The number of nitrogens with one attached hydrogen (secondary N) is 2. The fraction of sp³-hybridized carbons (Fsp3) is 0.0556. The van der Waals surface area contributed by atoms with Gasteiger partial charge in [-0.15, -0.1) is 0 Å². The molecular weight excluding hydrogens is 348 g/mol. The lowest BCUT2D eigenvalue weighted by molar-refractivity contribution is 0.476. The van der Waals surface area contributed by atoms with Crippen molar-refractivity contribution in [2.24, 2.45) is 0 Å². The van der Waals surface area contributed by atoms with Crippen LogP contribution in [0.25, 0.3) is 10.9 Å². The van der Waals surface area contributed by atoms with Gasteiger partial charge in [0.1, 0.15) is 11.6 Å². The normalized spacial score (nSPS) is 11.0. The number of nitrogens with two attached hydrogens (primary N) is 1. The molecule has 2 aromatic heterocycles. The van der Waals surface area contributed by atoms with Gasteiger partial charge in [-0.05, 0) is 55.1 Å². The highest BCUT2D eigenvalue weighted by atomic mass is 32.2. The van der Waals surface area contributed by atoms with E-state index in [0.717, 1.165) is 16.0 Å². The molecule has 0 saturated carbocycles. The molecule has 0 amide bonds. The zero-order valence-electron chi connectivity index (χ0n) is 13.9. The van der Waals surface area contributed by atoms with Crippen LogP contribution in [0.2, 0.25) is 0 Å². The van der Waals surface area contributed by atoms with E-state index in [1.54, 1.807) is 18.2 Å². The van der Waals surface area contributed by atoms with Gasteiger partial charge in [-0.2, -0.15) is 5.10 Å². The van der Waals surface area contributed by atoms with Gasteiger partial charge in [0, 0.05) is 33.8 Å². The van der Waals surface area contributed by atoms with Crippen molar-refractivity contribution in [3.8, 4) is 5.75 Å². The molecule has 0 saturated heterocycles. The quantitative estimate of drug-likeness (QED) is 0.321. The van der Waals surface area contributed by atoms with Crippen LogP contribution in [-0.2, 0) is 0 Å². The van der Waals surface area contributed by atoms with Crippen molar-refractivity contribution in [2.45, 2.75) is 17.0 Å². The second-order valence-corrected chi connectivity index (χ2v) is 6.83. The summed E-state index contributed by atoms with van der Waals surface area (Å²) >= 11 is 1.42. The number of phenolic OH excluding ortho intramolecular Hbond substituents is 1. The first-order valence-corrected chi connectivity index (χ1v) is 8.72. The van der Waals surface area contributed by atoms with Crippen molar-refractivity contribution in [2.75, 3.05) is 11.1 Å². The average molecular weight is 364 g/mol. The summed E-state index contributed by atoms with van der Waals surface area (Å²) in [6.45, 7) is 1.93. The molecule has 0 radical (unpaired) electrons. The molecule has 0 bridgehead atoms. The predicted molar refractivity (Wildman–Crippen MR) is 103 cm³/mol. The first-order valence-electron chi connectivity index (χ1n) is 7.90. The van der Waals surface area contributed by atoms with Crippen LogP contribution in [-0.4, -0.2) is 25.3 Å². The Morgan fingerprint density at radius 1 is 1.08 bits per heavy atom. The molecule has 4 aromatic rings. The number of H-pyrrole nitrogens is 1. The van der Waals surface area contributed by atoms with Crippen LogP contribution in [0, 0.1) is 6.92 Å². The molecule has 4 rings (SSSR count). The van der Waals surface area contributed by atoms with Crippen molar-refractivity contribution in [1.29, 1.82) is 0 Å². The van der Waals surface area contributed by atoms with Crippen LogP contribution in [0.15, 0.2) is 58.6 Å². The molecule has 0 fully saturated rings. The van der Waals surface area contributed by atoms with Crippen LogP contribution in [0.1, 0.15) is 5.69 Å². The number of aryl methyl sites for hydroxylation is 1. The fourth-order valence-corrected chi connectivity index (χ4v) is 3.25. The Morgan fingerprint density at radius 2 is 1.88 bits per heavy atom. The molecule has 2 heterocycles. The van der Waals surface area contributed by atoms with Gasteiger partial charge in [-0.25, -0.2) is 9.97 Å². The number of rotatable bonds is 4. The molecule has 8 heteroatoms. The highest BCUT2D eigenvalue weighted by Gasteiger charge is 2.11. The van der Waals surface area contributed by atoms with Crippen molar-refractivity contribution >= 4 is 40.0 Å². The summed E-state index contributed by atoms with van der Waals surface area (Å²) in [6, 6.07) is 14.4. The first kappa shape index (κ1) is 16.2. The van der Waals surface area contributed by atoms with Gasteiger partial charge in [0.2, 0.25) is 0 Å². The number of fused-ring (bicyclic) bond motifs is 1. The average Bonchev–Trinajstić information content (AvgIpc) is 3.01. The lowest BCUT2D eigenvalue weighted by Gasteiger charge is -2.09. The second kappa shape index (κ2) is 6.57. The molecule has 130 valence electrons. The third-order valence-corrected chi connectivity index (χ3v) is 4.57. The van der Waals surface area contributed by atoms with E-state index in [9.17, 15) is 5.11 Å². The maximum atomic E-state index is 9.81. The maximum Gasteiger partial charge on any atom is 0.195 e. The lowest BCUT2D eigenvalue weighted by atomic mass is 10.2. The maximum absolute atomic E-state index is 9.81. The standard InChI is InChI=1S/C18H16N6OS/c1-10-8-16(24-23-10)21-17-14-7-4-12(25)9-15(14)20-18(22-17)26-13-5-2-11(19)3-6-13/h2-9,25H,19H2,1H3,(H2,20,21,22,23,24). The highest BCUT2D eigenvalue weighted by molar-refractivity contribution is 7.99. The largest absolute Gasteiger partial charge is 0.508 e. The van der Waals surface area contributed by atoms with Crippen LogP contribution < -0.4 is 11.1 Å². The number of benzene rings is 2. The minimum absolute atomic E-state index is 0.154. The Labute approximate surface area is 153 Å². The van der Waals surface area contributed by atoms with E-state index in [0.29, 0.717) is 28.0 Å². The topological polar surface area (TPSA) is 113 Å². The summed E-state index contributed by atoms with van der Waals surface area (Å²) in [5.74, 6) is 1.44. The minimum atomic E-state index is 0.154. The Kier molecular flexibility index (Phi) is 4.10. The van der Waals surface area contributed by atoms with Crippen molar-refractivity contribution in [3.63, 3.8) is 0 Å². The molecule has 0 aliphatic carbocycles. The van der Waals surface area contributed by atoms with Gasteiger partial charge in [-0.1, -0.05) is 0 Å². The highest BCUT2D eigenvalue weighted by Crippen LogP contribution is 2.32. The molecule has 0 aliphatic rings. The monoisotopic (exact) mass is 364 g/mol. The van der Waals surface area contributed by atoms with E-state index in [1.807, 2.05) is 37.3 Å². The zero-order valence-corrected chi connectivity index (χ0v) is 14.7. The van der Waals surface area contributed by atoms with Gasteiger partial charge in [-0.3, -0.25) is 5.10 Å². The summed E-state index contributed by atoms with van der Waals surface area (Å²) in [7, 11) is 0. The molecular formula is C18H16N6OS. The third-order valence-electron chi connectivity index (χ3n) is 3.70. The molecule has 0 aliphatic heterocycles. The second-order valence-electron chi connectivity index (χ2n) is 5.79. The molecule has 7 nitrogen and oxygen atoms in total. The van der Waals surface area contributed by atoms with E-state index in [1.165, 1.54) is 11.8 Å². The van der Waals surface area contributed by atoms with Gasteiger partial charge < -0.3 is 16.2 Å². The zero-order chi connectivity index (χ0) is 18.1. The van der Waals surface area contributed by atoms with Crippen LogP contribution in [0.4, 0.5) is 17.3 Å². The first-order chi connectivity index (χ1) is 12.6. The van der Waals surface area contributed by atoms with E-state index in [4.69, 9.17) is 5.73 Å². The molecule has 0 spiro atoms. The van der Waals surface area contributed by atoms with Crippen molar-refractivity contribution < 1.29 is 5.11 Å². The Hall–Kier alpha value is -3.26. The van der Waals surface area contributed by atoms with E-state index in [-0.39, 0.29) is 5.75 Å². The summed E-state index contributed by atoms with van der Waals surface area (Å²) in [4.78, 5) is 10.2. The Morgan fingerprint density at radius 3 is 2.62 bits per heavy atom. The summed E-state index contributed by atoms with van der Waals surface area (Å²) in [5.41, 5.74) is 8.03. The molecule has 5 N–H and O–H groups in total. The van der Waals surface area contributed by atoms with Gasteiger partial charge in [0.25, 0.3) is 0 Å². The number of aromatic amines is 1. The minimum Gasteiger partial charge on any atom is -0.508 e. The number of hydrogen-bond acceptors (Lipinski definition) is 7. The number of phenols is 1. The van der Waals surface area contributed by atoms with Crippen LogP contribution >= 0.6 is 11.8 Å². The molecule has 0 unspecified atom stereocenters. The summed E-state index contributed by atoms with van der Waals surface area (Å²) in [6.07, 6.45) is 0.